The molecule has 0 amide bonds. The van der Waals surface area contributed by atoms with Gasteiger partial charge in [0, 0.05) is 11.8 Å². The summed E-state index contributed by atoms with van der Waals surface area (Å²) in [6.45, 7) is 2.08. The number of rotatable bonds is 4. The molecule has 2 aromatic rings. The van der Waals surface area contributed by atoms with E-state index in [2.05, 4.69) is 24.0 Å². The van der Waals surface area contributed by atoms with Crippen LogP contribution in [0.25, 0.3) is 0 Å². The van der Waals surface area contributed by atoms with E-state index in [9.17, 15) is 0 Å². The first kappa shape index (κ1) is 12.4. The van der Waals surface area contributed by atoms with Crippen molar-refractivity contribution in [3.63, 3.8) is 0 Å². The number of benzene rings is 2. The summed E-state index contributed by atoms with van der Waals surface area (Å²) in [7, 11) is 1.67. The fourth-order valence-corrected chi connectivity index (χ4v) is 1.78. The van der Waals surface area contributed by atoms with Gasteiger partial charge in [-0.1, -0.05) is 42.5 Å². The molecule has 0 bridgehead atoms. The number of hydrogen-bond donors (Lipinski definition) is 0. The van der Waals surface area contributed by atoms with E-state index in [0.29, 0.717) is 0 Å². The van der Waals surface area contributed by atoms with E-state index >= 15 is 0 Å². The number of para-hydroxylation sites is 1. The van der Waals surface area contributed by atoms with Crippen LogP contribution in [0, 0.1) is 0 Å². The maximum atomic E-state index is 5.29. The molecule has 0 spiro atoms. The Hall–Kier alpha value is -2.09. The van der Waals surface area contributed by atoms with Crippen molar-refractivity contribution in [2.45, 2.75) is 13.0 Å². The lowest BCUT2D eigenvalue weighted by molar-refractivity contribution is 0.414. The predicted octanol–water partition coefficient (Wildman–Crippen LogP) is 3.88. The SMILES string of the molecule is COc1ccccc1C=N[C@H](C)c1ccccc1. The predicted molar refractivity (Wildman–Crippen MR) is 75.4 cm³/mol. The van der Waals surface area contributed by atoms with Crippen molar-refractivity contribution in [3.8, 4) is 5.75 Å². The second-order valence-electron chi connectivity index (χ2n) is 4.11. The van der Waals surface area contributed by atoms with Crippen molar-refractivity contribution in [1.82, 2.24) is 0 Å². The zero-order valence-corrected chi connectivity index (χ0v) is 10.7. The number of methoxy groups -OCH3 is 1. The lowest BCUT2D eigenvalue weighted by Crippen LogP contribution is -1.93. The standard InChI is InChI=1S/C16H17NO/c1-13(14-8-4-3-5-9-14)17-12-15-10-6-7-11-16(15)18-2/h3-13H,1-2H3/t13-/m1/s1. The molecule has 0 aliphatic heterocycles. The Kier molecular flexibility index (Phi) is 4.13. The Morgan fingerprint density at radius 1 is 1.00 bits per heavy atom. The molecule has 1 atom stereocenters. The lowest BCUT2D eigenvalue weighted by atomic mass is 10.1. The summed E-state index contributed by atoms with van der Waals surface area (Å²) < 4.78 is 5.29. The van der Waals surface area contributed by atoms with Gasteiger partial charge in [0.1, 0.15) is 5.75 Å². The quantitative estimate of drug-likeness (QED) is 0.742. The van der Waals surface area contributed by atoms with Gasteiger partial charge < -0.3 is 4.74 Å². The van der Waals surface area contributed by atoms with Crippen LogP contribution in [0.5, 0.6) is 5.75 Å². The van der Waals surface area contributed by atoms with Gasteiger partial charge in [-0.15, -0.1) is 0 Å². The lowest BCUT2D eigenvalue weighted by Gasteiger charge is -2.07. The van der Waals surface area contributed by atoms with E-state index in [0.717, 1.165) is 11.3 Å². The Morgan fingerprint density at radius 2 is 1.67 bits per heavy atom. The third-order valence-electron chi connectivity index (χ3n) is 2.86. The highest BCUT2D eigenvalue weighted by atomic mass is 16.5. The molecular weight excluding hydrogens is 222 g/mol. The topological polar surface area (TPSA) is 21.6 Å². The van der Waals surface area contributed by atoms with Crippen LogP contribution in [0.1, 0.15) is 24.1 Å². The number of ether oxygens (including phenoxy) is 1. The van der Waals surface area contributed by atoms with E-state index in [-0.39, 0.29) is 6.04 Å². The maximum absolute atomic E-state index is 5.29. The van der Waals surface area contributed by atoms with Gasteiger partial charge in [0.25, 0.3) is 0 Å². The van der Waals surface area contributed by atoms with Gasteiger partial charge in [-0.2, -0.15) is 0 Å². The average Bonchev–Trinajstić information content (AvgIpc) is 2.46. The highest BCUT2D eigenvalue weighted by Gasteiger charge is 2.02. The molecule has 0 N–H and O–H groups in total. The van der Waals surface area contributed by atoms with E-state index in [4.69, 9.17) is 4.74 Å². The van der Waals surface area contributed by atoms with Gasteiger partial charge in [0.05, 0.1) is 13.2 Å². The summed E-state index contributed by atoms with van der Waals surface area (Å²) in [4.78, 5) is 4.57. The zero-order chi connectivity index (χ0) is 12.8. The van der Waals surface area contributed by atoms with Crippen molar-refractivity contribution in [3.05, 3.63) is 65.7 Å². The second kappa shape index (κ2) is 6.01. The largest absolute Gasteiger partial charge is 0.496 e. The van der Waals surface area contributed by atoms with Gasteiger partial charge >= 0.3 is 0 Å². The summed E-state index contributed by atoms with van der Waals surface area (Å²) in [5, 5.41) is 0. The molecular formula is C16H17NO. The van der Waals surface area contributed by atoms with Crippen LogP contribution >= 0.6 is 0 Å². The molecule has 0 fully saturated rings. The van der Waals surface area contributed by atoms with Gasteiger partial charge in [0.2, 0.25) is 0 Å². The highest BCUT2D eigenvalue weighted by molar-refractivity contribution is 5.83. The molecule has 0 saturated heterocycles. The molecule has 0 saturated carbocycles. The minimum absolute atomic E-state index is 0.149. The molecule has 92 valence electrons. The number of nitrogens with zero attached hydrogens (tertiary/aromatic N) is 1. The Balaban J connectivity index is 2.16. The Bertz CT molecular complexity index is 520. The summed E-state index contributed by atoms with van der Waals surface area (Å²) in [5.74, 6) is 0.849. The maximum Gasteiger partial charge on any atom is 0.127 e. The smallest absolute Gasteiger partial charge is 0.127 e. The Labute approximate surface area is 108 Å². The molecule has 18 heavy (non-hydrogen) atoms. The summed E-state index contributed by atoms with van der Waals surface area (Å²) >= 11 is 0. The second-order valence-corrected chi connectivity index (χ2v) is 4.11. The van der Waals surface area contributed by atoms with Crippen molar-refractivity contribution in [1.29, 1.82) is 0 Å². The minimum Gasteiger partial charge on any atom is -0.496 e. The summed E-state index contributed by atoms with van der Waals surface area (Å²) in [6, 6.07) is 18.3. The van der Waals surface area contributed by atoms with E-state index in [1.807, 2.05) is 48.7 Å². The van der Waals surface area contributed by atoms with Gasteiger partial charge in [-0.05, 0) is 24.6 Å². The van der Waals surface area contributed by atoms with Crippen LogP contribution in [0.15, 0.2) is 59.6 Å². The monoisotopic (exact) mass is 239 g/mol. The van der Waals surface area contributed by atoms with Crippen LogP contribution in [0.3, 0.4) is 0 Å². The first-order valence-corrected chi connectivity index (χ1v) is 6.02. The van der Waals surface area contributed by atoms with Crippen molar-refractivity contribution < 1.29 is 4.74 Å². The molecule has 0 aromatic heterocycles. The van der Waals surface area contributed by atoms with Gasteiger partial charge in [0.15, 0.2) is 0 Å². The third-order valence-corrected chi connectivity index (χ3v) is 2.86. The molecule has 2 aromatic carbocycles. The van der Waals surface area contributed by atoms with Crippen LogP contribution in [-0.4, -0.2) is 13.3 Å². The molecule has 0 radical (unpaired) electrons. The molecule has 0 unspecified atom stereocenters. The number of hydrogen-bond acceptors (Lipinski definition) is 2. The Morgan fingerprint density at radius 3 is 2.39 bits per heavy atom. The molecule has 2 nitrogen and oxygen atoms in total. The first-order chi connectivity index (χ1) is 8.81. The van der Waals surface area contributed by atoms with Crippen molar-refractivity contribution in [2.75, 3.05) is 7.11 Å². The highest BCUT2D eigenvalue weighted by Crippen LogP contribution is 2.18. The normalized spacial score (nSPS) is 12.6. The van der Waals surface area contributed by atoms with Crippen LogP contribution in [0.2, 0.25) is 0 Å². The van der Waals surface area contributed by atoms with Gasteiger partial charge in [-0.25, -0.2) is 0 Å². The third kappa shape index (κ3) is 2.98. The molecule has 2 heteroatoms. The fraction of sp³-hybridized carbons (Fsp3) is 0.188. The van der Waals surface area contributed by atoms with Crippen molar-refractivity contribution >= 4 is 6.21 Å². The first-order valence-electron chi connectivity index (χ1n) is 6.02. The van der Waals surface area contributed by atoms with E-state index in [1.54, 1.807) is 7.11 Å². The average molecular weight is 239 g/mol. The van der Waals surface area contributed by atoms with Gasteiger partial charge in [-0.3, -0.25) is 4.99 Å². The number of aliphatic imine (C=N–C) groups is 1. The van der Waals surface area contributed by atoms with Crippen LogP contribution in [0.4, 0.5) is 0 Å². The summed E-state index contributed by atoms with van der Waals surface area (Å²) in [5.41, 5.74) is 2.21. The molecule has 0 aliphatic rings. The molecule has 2 rings (SSSR count). The minimum atomic E-state index is 0.149. The molecule has 0 aliphatic carbocycles. The van der Waals surface area contributed by atoms with Crippen LogP contribution < -0.4 is 4.74 Å². The zero-order valence-electron chi connectivity index (χ0n) is 10.7. The molecule has 0 heterocycles. The summed E-state index contributed by atoms with van der Waals surface area (Å²) in [6.07, 6.45) is 1.87. The van der Waals surface area contributed by atoms with Crippen molar-refractivity contribution in [2.24, 2.45) is 4.99 Å². The van der Waals surface area contributed by atoms with Crippen LogP contribution in [-0.2, 0) is 0 Å². The van der Waals surface area contributed by atoms with E-state index < -0.39 is 0 Å². The fourth-order valence-electron chi connectivity index (χ4n) is 1.78. The van der Waals surface area contributed by atoms with E-state index in [1.165, 1.54) is 5.56 Å².